The number of amides is 4. The molecule has 380 valence electrons. The Bertz CT molecular complexity index is 3880. The first-order valence-corrected chi connectivity index (χ1v) is 27.0. The van der Waals surface area contributed by atoms with E-state index >= 15 is 0 Å². The van der Waals surface area contributed by atoms with Gasteiger partial charge in [0.15, 0.2) is 0 Å². The Morgan fingerprint density at radius 3 is 0.875 bits per heavy atom. The van der Waals surface area contributed by atoms with Crippen LogP contribution in [0.2, 0.25) is 0 Å². The number of fused-ring (bicyclic) bond motifs is 2. The van der Waals surface area contributed by atoms with Gasteiger partial charge in [0, 0.05) is 33.3 Å². The third kappa shape index (κ3) is 12.0. The Kier molecular flexibility index (Phi) is 13.9. The molecule has 0 heterocycles. The van der Waals surface area contributed by atoms with Crippen molar-refractivity contribution < 1.29 is 112 Å². The molecule has 0 aliphatic rings. The van der Waals surface area contributed by atoms with Crippen LogP contribution in [-0.4, -0.2) is 118 Å². The summed E-state index contributed by atoms with van der Waals surface area (Å²) in [4.78, 5) is 57.7. The van der Waals surface area contributed by atoms with Gasteiger partial charge in [0.05, 0.1) is 42.1 Å². The van der Waals surface area contributed by atoms with E-state index in [-0.39, 0.29) is 12.1 Å². The number of anilines is 4. The molecular weight excluding hydrogens is 1090 g/mol. The fraction of sp³-hybridized carbons (Fsp3) is 0. The summed E-state index contributed by atoms with van der Waals surface area (Å²) >= 11 is 0. The normalized spacial score (nSPS) is 12.5. The van der Waals surface area contributed by atoms with E-state index in [1.165, 1.54) is 0 Å². The van der Waals surface area contributed by atoms with E-state index in [9.17, 15) is 112 Å². The largest absolute Gasteiger partial charge is 0.478 e. The predicted octanol–water partition coefficient (Wildman–Crippen LogP) is 3.02. The van der Waals surface area contributed by atoms with Crippen LogP contribution in [0.4, 0.5) is 27.5 Å². The van der Waals surface area contributed by atoms with Crippen molar-refractivity contribution in [2.24, 2.45) is 0 Å². The van der Waals surface area contributed by atoms with Gasteiger partial charge in [-0.1, -0.05) is 0 Å². The fourth-order valence-electron chi connectivity index (χ4n) is 6.64. The number of hydrogen-bond donors (Lipinski definition) is 12. The second kappa shape index (κ2) is 18.6. The molecule has 0 atom stereocenters. The molecule has 0 bridgehead atoms. The molecular formula is C37H26N4O25S6. The highest BCUT2D eigenvalue weighted by atomic mass is 32.2. The first kappa shape index (κ1) is 53.8. The van der Waals surface area contributed by atoms with Crippen molar-refractivity contribution in [3.63, 3.8) is 0 Å². The molecule has 0 aliphatic heterocycles. The van der Waals surface area contributed by atoms with E-state index in [0.29, 0.717) is 48.5 Å². The Hall–Kier alpha value is -7.55. The molecule has 0 unspecified atom stereocenters. The lowest BCUT2D eigenvalue weighted by Gasteiger charge is -2.16. The summed E-state index contributed by atoms with van der Waals surface area (Å²) in [6, 6.07) is 6.29. The van der Waals surface area contributed by atoms with Crippen LogP contribution in [0.1, 0.15) is 41.4 Å². The van der Waals surface area contributed by atoms with Gasteiger partial charge in [0.1, 0.15) is 9.79 Å². The molecule has 35 heteroatoms. The second-order valence-corrected chi connectivity index (χ2v) is 23.0. The summed E-state index contributed by atoms with van der Waals surface area (Å²) < 4.78 is 205. The van der Waals surface area contributed by atoms with Gasteiger partial charge >= 0.3 is 18.0 Å². The third-order valence-electron chi connectivity index (χ3n) is 9.56. The number of carboxylic acids is 2. The molecule has 0 aliphatic carbocycles. The molecule has 6 rings (SSSR count). The van der Waals surface area contributed by atoms with Crippen molar-refractivity contribution in [1.82, 2.24) is 0 Å². The van der Waals surface area contributed by atoms with Crippen LogP contribution in [-0.2, 0) is 60.7 Å². The van der Waals surface area contributed by atoms with Crippen LogP contribution in [0, 0.1) is 0 Å². The van der Waals surface area contributed by atoms with Crippen LogP contribution < -0.4 is 21.3 Å². The molecule has 72 heavy (non-hydrogen) atoms. The molecule has 0 saturated carbocycles. The van der Waals surface area contributed by atoms with Crippen molar-refractivity contribution in [3.05, 3.63) is 107 Å². The molecule has 0 fully saturated rings. The maximum absolute atomic E-state index is 13.7. The van der Waals surface area contributed by atoms with Crippen molar-refractivity contribution >= 4 is 135 Å². The monoisotopic (exact) mass is 1120 g/mol. The molecule has 29 nitrogen and oxygen atoms in total. The van der Waals surface area contributed by atoms with E-state index in [1.54, 1.807) is 0 Å². The summed E-state index contributed by atoms with van der Waals surface area (Å²) in [7, 11) is -32.1. The van der Waals surface area contributed by atoms with Crippen molar-refractivity contribution in [3.8, 4) is 0 Å². The molecule has 0 spiro atoms. The predicted molar refractivity (Wildman–Crippen MR) is 242 cm³/mol. The summed E-state index contributed by atoms with van der Waals surface area (Å²) in [5.74, 6) is -6.42. The molecule has 0 radical (unpaired) electrons. The van der Waals surface area contributed by atoms with Gasteiger partial charge in [-0.25, -0.2) is 14.4 Å². The average Bonchev–Trinajstić information content (AvgIpc) is 3.23. The number of hydrogen-bond acceptors (Lipinski definition) is 17. The molecule has 6 aromatic carbocycles. The zero-order valence-corrected chi connectivity index (χ0v) is 39.4. The number of carbonyl (C=O) groups is 5. The van der Waals surface area contributed by atoms with E-state index < -0.39 is 186 Å². The third-order valence-corrected chi connectivity index (χ3v) is 14.6. The van der Waals surface area contributed by atoms with Crippen molar-refractivity contribution in [1.29, 1.82) is 0 Å². The first-order valence-electron chi connectivity index (χ1n) is 18.4. The van der Waals surface area contributed by atoms with E-state index in [0.717, 1.165) is 24.3 Å². The molecule has 0 saturated heterocycles. The number of benzene rings is 6. The number of carboxylic acid groups (broad SMARTS) is 2. The van der Waals surface area contributed by atoms with Crippen molar-refractivity contribution in [2.45, 2.75) is 29.4 Å². The van der Waals surface area contributed by atoms with Crippen molar-refractivity contribution in [2.75, 3.05) is 21.3 Å². The van der Waals surface area contributed by atoms with E-state index in [1.807, 2.05) is 10.6 Å². The SMILES string of the molecule is O=C(Nc1cc(C(=O)O)cc(C(=O)Nc2cc(S(=O)(=O)O)cc3cc(S(=O)(=O)O)cc(S(=O)(=O)O)c23)c1)Nc1cc(C(=O)O)cc(C(=O)Nc2cc(S(=O)(=O)O)cc3cc(S(=O)(=O)O)cc(S(=O)(=O)O)c23)c1. The Balaban J connectivity index is 1.37. The topological polar surface area (TPSA) is 500 Å². The highest BCUT2D eigenvalue weighted by molar-refractivity contribution is 7.87. The number of nitrogens with one attached hydrogen (secondary N) is 4. The Morgan fingerprint density at radius 2 is 0.611 bits per heavy atom. The Labute approximate surface area is 402 Å². The van der Waals surface area contributed by atoms with Gasteiger partial charge in [0.25, 0.3) is 72.5 Å². The number of urea groups is 1. The highest BCUT2D eigenvalue weighted by Gasteiger charge is 2.28. The summed E-state index contributed by atoms with van der Waals surface area (Å²) in [6.45, 7) is 0. The fourth-order valence-corrected chi connectivity index (χ4v) is 10.5. The van der Waals surface area contributed by atoms with Crippen LogP contribution >= 0.6 is 0 Å². The summed E-state index contributed by atoms with van der Waals surface area (Å²) in [5, 5.41) is 24.8. The lowest BCUT2D eigenvalue weighted by atomic mass is 10.1. The second-order valence-electron chi connectivity index (χ2n) is 14.5. The molecule has 4 amide bonds. The summed E-state index contributed by atoms with van der Waals surface area (Å²) in [5.41, 5.74) is -5.94. The minimum Gasteiger partial charge on any atom is -0.478 e. The highest BCUT2D eigenvalue weighted by Crippen LogP contribution is 2.38. The van der Waals surface area contributed by atoms with Gasteiger partial charge in [-0.3, -0.25) is 36.9 Å². The lowest BCUT2D eigenvalue weighted by Crippen LogP contribution is -2.22. The van der Waals surface area contributed by atoms with Crippen LogP contribution in [0.3, 0.4) is 0 Å². The Morgan fingerprint density at radius 1 is 0.333 bits per heavy atom. The van der Waals surface area contributed by atoms with E-state index in [4.69, 9.17) is 0 Å². The molecule has 0 aromatic heterocycles. The quantitative estimate of drug-likeness (QED) is 0.0697. The van der Waals surface area contributed by atoms with Gasteiger partial charge in [-0.2, -0.15) is 50.5 Å². The number of rotatable bonds is 14. The molecule has 6 aromatic rings. The summed E-state index contributed by atoms with van der Waals surface area (Å²) in [6.07, 6.45) is 0. The van der Waals surface area contributed by atoms with Crippen LogP contribution in [0.5, 0.6) is 0 Å². The van der Waals surface area contributed by atoms with Crippen LogP contribution in [0.25, 0.3) is 21.5 Å². The minimum atomic E-state index is -5.51. The lowest BCUT2D eigenvalue weighted by molar-refractivity contribution is 0.0686. The standard InChI is InChI=1S/C37H26N4O25S6/c42-33(40-27-11-23(67(49,50)51)7-15-9-25(69(55,56)57)13-29(31(15)27)71(61,62)63)17-1-19(35(44)45)5-21(3-17)38-37(48)39-22-4-18(2-20(6-22)36(46)47)34(43)41-28-12-24(68(52,53)54)8-16-10-26(70(58,59)60)14-30(32(16)28)72(64,65)66/h1-14H,(H,40,42)(H,41,43)(H,44,45)(H,46,47)(H2,38,39,48)(H,49,50,51)(H,52,53,54)(H,55,56,57)(H,58,59,60)(H,61,62,63)(H,64,65,66). The minimum absolute atomic E-state index is 0.227. The van der Waals surface area contributed by atoms with Gasteiger partial charge in [0.2, 0.25) is 0 Å². The first-order chi connectivity index (χ1) is 32.8. The van der Waals surface area contributed by atoms with Gasteiger partial charge in [-0.05, 0) is 95.7 Å². The average molecular weight is 1120 g/mol. The molecule has 12 N–H and O–H groups in total. The van der Waals surface area contributed by atoms with E-state index in [2.05, 4.69) is 10.6 Å². The maximum atomic E-state index is 13.7. The smallest absolute Gasteiger partial charge is 0.335 e. The van der Waals surface area contributed by atoms with Crippen LogP contribution in [0.15, 0.2) is 114 Å². The maximum Gasteiger partial charge on any atom is 0.335 e. The zero-order valence-electron chi connectivity index (χ0n) is 34.6. The van der Waals surface area contributed by atoms with Gasteiger partial charge in [-0.15, -0.1) is 0 Å². The number of carbonyl (C=O) groups excluding carboxylic acids is 3. The van der Waals surface area contributed by atoms with Gasteiger partial charge < -0.3 is 31.5 Å². The number of aromatic carboxylic acids is 2. The zero-order chi connectivity index (χ0) is 54.0.